The fourth-order valence-corrected chi connectivity index (χ4v) is 1.94. The molecule has 20 heavy (non-hydrogen) atoms. The van der Waals surface area contributed by atoms with Crippen LogP contribution >= 0.6 is 0 Å². The van der Waals surface area contributed by atoms with Gasteiger partial charge in [0.05, 0.1) is 5.56 Å². The van der Waals surface area contributed by atoms with E-state index in [1.165, 1.54) is 17.2 Å². The van der Waals surface area contributed by atoms with Crippen molar-refractivity contribution in [1.29, 1.82) is 0 Å². The third-order valence-corrected chi connectivity index (χ3v) is 3.31. The molecule has 0 saturated heterocycles. The van der Waals surface area contributed by atoms with Gasteiger partial charge in [-0.1, -0.05) is 23.8 Å². The molecule has 0 bridgehead atoms. The van der Waals surface area contributed by atoms with Gasteiger partial charge < -0.3 is 0 Å². The van der Waals surface area contributed by atoms with Crippen molar-refractivity contribution in [2.24, 2.45) is 0 Å². The highest BCUT2D eigenvalue weighted by Crippen LogP contribution is 2.15. The van der Waals surface area contributed by atoms with Crippen LogP contribution in [0, 0.1) is 50.8 Å². The van der Waals surface area contributed by atoms with Crippen molar-refractivity contribution in [2.45, 2.75) is 20.8 Å². The summed E-state index contributed by atoms with van der Waals surface area (Å²) in [5.74, 6) is 7.93. The van der Waals surface area contributed by atoms with E-state index in [1.54, 1.807) is 12.1 Å². The Kier molecular flexibility index (Phi) is 3.92. The highest BCUT2D eigenvalue weighted by Gasteiger charge is 2.01. The molecule has 98 valence electrons. The third-order valence-electron chi connectivity index (χ3n) is 3.31. The monoisotopic (exact) mass is 262 g/mol. The topological polar surface area (TPSA) is 0 Å². The number of hydrogen-bond acceptors (Lipinski definition) is 0. The van der Waals surface area contributed by atoms with E-state index in [1.807, 2.05) is 19.9 Å². The van der Waals surface area contributed by atoms with Gasteiger partial charge in [-0.05, 0) is 61.7 Å². The molecule has 0 unspecified atom stereocenters. The molecule has 0 nitrogen and oxygen atoms in total. The summed E-state index contributed by atoms with van der Waals surface area (Å²) < 4.78 is 13.8. The summed E-state index contributed by atoms with van der Waals surface area (Å²) in [4.78, 5) is 0. The summed E-state index contributed by atoms with van der Waals surface area (Å²) in [6.45, 7) is 6.12. The molecule has 0 aromatic heterocycles. The summed E-state index contributed by atoms with van der Waals surface area (Å²) in [5.41, 5.74) is 5.33. The number of halogens is 1. The van der Waals surface area contributed by atoms with Crippen molar-refractivity contribution < 1.29 is 4.39 Å². The molecule has 0 amide bonds. The van der Waals surface area contributed by atoms with Crippen LogP contribution in [-0.4, -0.2) is 0 Å². The molecule has 0 aliphatic rings. The molecule has 1 heteroatoms. The highest BCUT2D eigenvalue weighted by molar-refractivity contribution is 5.50. The largest absolute Gasteiger partial charge is 0.206 e. The number of rotatable bonds is 0. The zero-order chi connectivity index (χ0) is 14.7. The lowest BCUT2D eigenvalue weighted by Gasteiger charge is -2.04. The van der Waals surface area contributed by atoms with Crippen LogP contribution in [0.25, 0.3) is 0 Å². The Morgan fingerprint density at radius 1 is 0.850 bits per heavy atom. The van der Waals surface area contributed by atoms with Gasteiger partial charge in [0.1, 0.15) is 5.82 Å². The van der Waals surface area contributed by atoms with Crippen molar-refractivity contribution in [2.75, 3.05) is 0 Å². The first-order valence-electron chi connectivity index (χ1n) is 6.37. The van der Waals surface area contributed by atoms with E-state index in [2.05, 4.69) is 30.8 Å². The second-order valence-electron chi connectivity index (χ2n) is 4.84. The Bertz CT molecular complexity index is 765. The second kappa shape index (κ2) is 5.64. The van der Waals surface area contributed by atoms with Crippen LogP contribution in [0.2, 0.25) is 0 Å². The first-order chi connectivity index (χ1) is 9.51. The van der Waals surface area contributed by atoms with Gasteiger partial charge in [0.25, 0.3) is 0 Å². The van der Waals surface area contributed by atoms with Crippen LogP contribution in [0.3, 0.4) is 0 Å². The van der Waals surface area contributed by atoms with Crippen molar-refractivity contribution in [3.8, 4) is 24.2 Å². The van der Waals surface area contributed by atoms with E-state index in [-0.39, 0.29) is 5.82 Å². The maximum absolute atomic E-state index is 13.8. The normalized spacial score (nSPS) is 9.55. The summed E-state index contributed by atoms with van der Waals surface area (Å²) in [6.07, 6.45) is 5.23. The molecular formula is C19H15F. The smallest absolute Gasteiger partial charge is 0.140 e. The summed E-state index contributed by atoms with van der Waals surface area (Å²) in [5, 5.41) is 0. The molecule has 0 aliphatic heterocycles. The predicted octanol–water partition coefficient (Wildman–Crippen LogP) is 4.13. The highest BCUT2D eigenvalue weighted by atomic mass is 19.1. The Morgan fingerprint density at radius 2 is 1.50 bits per heavy atom. The maximum atomic E-state index is 13.8. The predicted molar refractivity (Wildman–Crippen MR) is 81.0 cm³/mol. The molecule has 0 fully saturated rings. The molecular weight excluding hydrogens is 247 g/mol. The van der Waals surface area contributed by atoms with Crippen molar-refractivity contribution >= 4 is 0 Å². The van der Waals surface area contributed by atoms with E-state index < -0.39 is 0 Å². The Morgan fingerprint density at radius 3 is 2.15 bits per heavy atom. The summed E-state index contributed by atoms with van der Waals surface area (Å²) >= 11 is 0. The number of hydrogen-bond donors (Lipinski definition) is 0. The minimum Gasteiger partial charge on any atom is -0.206 e. The van der Waals surface area contributed by atoms with Gasteiger partial charge in [-0.15, -0.1) is 6.42 Å². The van der Waals surface area contributed by atoms with Gasteiger partial charge in [0, 0.05) is 11.1 Å². The average Bonchev–Trinajstić information content (AvgIpc) is 2.42. The van der Waals surface area contributed by atoms with Gasteiger partial charge >= 0.3 is 0 Å². The van der Waals surface area contributed by atoms with Gasteiger partial charge in [0.2, 0.25) is 0 Å². The SMILES string of the molecule is C#Cc1ccc(C#Cc2cc(C)c(C)cc2C)c(F)c1. The van der Waals surface area contributed by atoms with Crippen molar-refractivity contribution in [3.63, 3.8) is 0 Å². The van der Waals surface area contributed by atoms with Crippen LogP contribution < -0.4 is 0 Å². The molecule has 0 N–H and O–H groups in total. The van der Waals surface area contributed by atoms with Gasteiger partial charge in [0.15, 0.2) is 0 Å². The number of terminal acetylenes is 1. The Balaban J connectivity index is 2.42. The number of benzene rings is 2. The van der Waals surface area contributed by atoms with Crippen LogP contribution in [0.15, 0.2) is 30.3 Å². The fraction of sp³-hybridized carbons (Fsp3) is 0.158. The second-order valence-corrected chi connectivity index (χ2v) is 4.84. The lowest BCUT2D eigenvalue weighted by molar-refractivity contribution is 0.624. The van der Waals surface area contributed by atoms with E-state index in [4.69, 9.17) is 6.42 Å². The zero-order valence-corrected chi connectivity index (χ0v) is 11.8. The molecule has 0 saturated carbocycles. The summed E-state index contributed by atoms with van der Waals surface area (Å²) in [7, 11) is 0. The molecule has 0 heterocycles. The first-order valence-corrected chi connectivity index (χ1v) is 6.37. The quantitative estimate of drug-likeness (QED) is 0.626. The fourth-order valence-electron chi connectivity index (χ4n) is 1.94. The lowest BCUT2D eigenvalue weighted by Crippen LogP contribution is -1.89. The lowest BCUT2D eigenvalue weighted by atomic mass is 10.0. The van der Waals surface area contributed by atoms with Crippen LogP contribution in [0.5, 0.6) is 0 Å². The van der Waals surface area contributed by atoms with Crippen LogP contribution in [0.4, 0.5) is 4.39 Å². The summed E-state index contributed by atoms with van der Waals surface area (Å²) in [6, 6.07) is 8.77. The molecule has 0 aliphatic carbocycles. The van der Waals surface area contributed by atoms with Crippen molar-refractivity contribution in [3.05, 3.63) is 69.5 Å². The van der Waals surface area contributed by atoms with E-state index >= 15 is 0 Å². The first kappa shape index (κ1) is 13.9. The van der Waals surface area contributed by atoms with Gasteiger partial charge in [-0.25, -0.2) is 4.39 Å². The molecule has 2 aromatic rings. The molecule has 2 aromatic carbocycles. The minimum absolute atomic E-state index is 0.363. The maximum Gasteiger partial charge on any atom is 0.140 e. The van der Waals surface area contributed by atoms with Crippen LogP contribution in [-0.2, 0) is 0 Å². The van der Waals surface area contributed by atoms with Gasteiger partial charge in [-0.3, -0.25) is 0 Å². The van der Waals surface area contributed by atoms with Crippen molar-refractivity contribution in [1.82, 2.24) is 0 Å². The average molecular weight is 262 g/mol. The molecule has 0 atom stereocenters. The van der Waals surface area contributed by atoms with Gasteiger partial charge in [-0.2, -0.15) is 0 Å². The van der Waals surface area contributed by atoms with E-state index in [0.717, 1.165) is 11.1 Å². The Hall–Kier alpha value is -2.51. The molecule has 0 radical (unpaired) electrons. The van der Waals surface area contributed by atoms with E-state index in [9.17, 15) is 4.39 Å². The zero-order valence-electron chi connectivity index (χ0n) is 11.8. The Labute approximate surface area is 119 Å². The molecule has 2 rings (SSSR count). The standard InChI is InChI=1S/C19H15F/c1-5-16-6-7-17(19(20)12-16)8-9-18-11-14(3)13(2)10-15(18)4/h1,6-7,10-12H,2-4H3. The minimum atomic E-state index is -0.380. The number of aryl methyl sites for hydroxylation is 3. The third kappa shape index (κ3) is 2.90. The van der Waals surface area contributed by atoms with E-state index in [0.29, 0.717) is 11.1 Å². The molecule has 0 spiro atoms. The van der Waals surface area contributed by atoms with Crippen LogP contribution in [0.1, 0.15) is 33.4 Å².